The van der Waals surface area contributed by atoms with E-state index in [0.717, 1.165) is 22.9 Å². The molecule has 0 atom stereocenters. The number of hydrogen-bond donors (Lipinski definition) is 0. The van der Waals surface area contributed by atoms with Crippen LogP contribution in [0.15, 0.2) is 21.3 Å². The zero-order valence-electron chi connectivity index (χ0n) is 13.1. The van der Waals surface area contributed by atoms with Gasteiger partial charge in [-0.2, -0.15) is 0 Å². The molecule has 1 heterocycles. The molecule has 0 saturated carbocycles. The zero-order valence-corrected chi connectivity index (χ0v) is 13.1. The van der Waals surface area contributed by atoms with Crippen LogP contribution in [0.4, 0.5) is 0 Å². The Kier molecular flexibility index (Phi) is 4.89. The van der Waals surface area contributed by atoms with Gasteiger partial charge in [-0.25, -0.2) is 4.79 Å². The molecule has 0 spiro atoms. The van der Waals surface area contributed by atoms with Gasteiger partial charge in [0, 0.05) is 17.7 Å². The Balaban J connectivity index is 2.74. The Morgan fingerprint density at radius 1 is 1.10 bits per heavy atom. The van der Waals surface area contributed by atoms with Crippen LogP contribution in [0, 0.1) is 6.92 Å². The van der Waals surface area contributed by atoms with E-state index in [1.54, 1.807) is 6.07 Å². The minimum absolute atomic E-state index is 0.266. The molecule has 0 amide bonds. The third kappa shape index (κ3) is 3.04. The molecule has 0 saturated heterocycles. The highest BCUT2D eigenvalue weighted by molar-refractivity contribution is 5.89. The maximum Gasteiger partial charge on any atom is 0.339 e. The summed E-state index contributed by atoms with van der Waals surface area (Å²) in [7, 11) is 0. The van der Waals surface area contributed by atoms with Crippen LogP contribution in [0.2, 0.25) is 0 Å². The minimum Gasteiger partial charge on any atom is -0.494 e. The Bertz CT molecular complexity index is 685. The molecule has 0 bridgehead atoms. The normalized spacial score (nSPS) is 10.9. The smallest absolute Gasteiger partial charge is 0.339 e. The minimum atomic E-state index is -0.266. The molecule has 114 valence electrons. The van der Waals surface area contributed by atoms with Crippen molar-refractivity contribution in [1.82, 2.24) is 0 Å². The maximum atomic E-state index is 12.1. The van der Waals surface area contributed by atoms with Crippen LogP contribution < -0.4 is 15.1 Å². The lowest BCUT2D eigenvalue weighted by molar-refractivity contribution is 0.325. The van der Waals surface area contributed by atoms with E-state index in [1.165, 1.54) is 0 Å². The van der Waals surface area contributed by atoms with Crippen LogP contribution in [0.25, 0.3) is 11.0 Å². The lowest BCUT2D eigenvalue weighted by atomic mass is 10.0. The first kappa shape index (κ1) is 15.4. The second-order valence-electron chi connectivity index (χ2n) is 4.90. The van der Waals surface area contributed by atoms with E-state index in [-0.39, 0.29) is 5.63 Å². The lowest BCUT2D eigenvalue weighted by Gasteiger charge is -2.14. The molecule has 2 rings (SSSR count). The molecule has 0 aliphatic carbocycles. The Hall–Kier alpha value is -1.97. The fraction of sp³-hybridized carbons (Fsp3) is 0.471. The largest absolute Gasteiger partial charge is 0.494 e. The Morgan fingerprint density at radius 3 is 2.43 bits per heavy atom. The van der Waals surface area contributed by atoms with E-state index in [1.807, 2.05) is 33.8 Å². The Labute approximate surface area is 124 Å². The first-order valence-electron chi connectivity index (χ1n) is 7.48. The second kappa shape index (κ2) is 6.66. The fourth-order valence-corrected chi connectivity index (χ4v) is 2.54. The molecule has 0 aliphatic rings. The van der Waals surface area contributed by atoms with Crippen molar-refractivity contribution in [2.45, 2.75) is 40.5 Å². The highest BCUT2D eigenvalue weighted by atomic mass is 16.5. The highest BCUT2D eigenvalue weighted by Crippen LogP contribution is 2.34. The third-order valence-electron chi connectivity index (χ3n) is 3.43. The summed E-state index contributed by atoms with van der Waals surface area (Å²) in [5, 5.41) is 0.864. The van der Waals surface area contributed by atoms with Crippen molar-refractivity contribution in [2.75, 3.05) is 13.2 Å². The van der Waals surface area contributed by atoms with Crippen molar-refractivity contribution in [3.05, 3.63) is 33.7 Å². The maximum absolute atomic E-state index is 12.1. The Morgan fingerprint density at radius 2 is 1.81 bits per heavy atom. The quantitative estimate of drug-likeness (QED) is 0.758. The summed E-state index contributed by atoms with van der Waals surface area (Å²) in [6.07, 6.45) is 1.61. The molecule has 2 aromatic rings. The monoisotopic (exact) mass is 290 g/mol. The predicted molar refractivity (Wildman–Crippen MR) is 83.6 cm³/mol. The van der Waals surface area contributed by atoms with E-state index >= 15 is 0 Å². The number of benzene rings is 1. The van der Waals surface area contributed by atoms with Crippen molar-refractivity contribution in [3.63, 3.8) is 0 Å². The summed E-state index contributed by atoms with van der Waals surface area (Å²) in [6.45, 7) is 8.94. The van der Waals surface area contributed by atoms with Gasteiger partial charge >= 0.3 is 5.63 Å². The van der Waals surface area contributed by atoms with Gasteiger partial charge < -0.3 is 13.9 Å². The van der Waals surface area contributed by atoms with E-state index in [4.69, 9.17) is 13.9 Å². The summed E-state index contributed by atoms with van der Waals surface area (Å²) in [5.41, 5.74) is 1.93. The predicted octanol–water partition coefficient (Wildman–Crippen LogP) is 3.85. The number of hydrogen-bond acceptors (Lipinski definition) is 4. The molecule has 0 aliphatic heterocycles. The molecule has 0 fully saturated rings. The van der Waals surface area contributed by atoms with Gasteiger partial charge in [-0.15, -0.1) is 0 Å². The standard InChI is InChI=1S/C17H22O4/c1-5-8-13-11(4)16-14(20-7-3)9-12(19-6-2)10-15(16)21-17(13)18/h9-10H,5-8H2,1-4H3. The van der Waals surface area contributed by atoms with Gasteiger partial charge in [0.25, 0.3) is 0 Å². The first-order chi connectivity index (χ1) is 10.1. The summed E-state index contributed by atoms with van der Waals surface area (Å²) in [6, 6.07) is 3.61. The summed E-state index contributed by atoms with van der Waals surface area (Å²) in [5.74, 6) is 1.36. The SMILES string of the molecule is CCCc1c(C)c2c(OCC)cc(OCC)cc2oc1=O. The highest BCUT2D eigenvalue weighted by Gasteiger charge is 2.16. The molecule has 0 unspecified atom stereocenters. The summed E-state index contributed by atoms with van der Waals surface area (Å²) >= 11 is 0. The topological polar surface area (TPSA) is 48.7 Å². The number of aryl methyl sites for hydroxylation is 1. The average molecular weight is 290 g/mol. The average Bonchev–Trinajstić information content (AvgIpc) is 2.43. The molecule has 0 radical (unpaired) electrons. The molecule has 1 aromatic carbocycles. The summed E-state index contributed by atoms with van der Waals surface area (Å²) < 4.78 is 16.7. The van der Waals surface area contributed by atoms with Crippen LogP contribution in [0.3, 0.4) is 0 Å². The summed E-state index contributed by atoms with van der Waals surface area (Å²) in [4.78, 5) is 12.1. The number of fused-ring (bicyclic) bond motifs is 1. The molecular weight excluding hydrogens is 268 g/mol. The van der Waals surface area contributed by atoms with Crippen molar-refractivity contribution < 1.29 is 13.9 Å². The molecular formula is C17H22O4. The van der Waals surface area contributed by atoms with Crippen LogP contribution in [-0.4, -0.2) is 13.2 Å². The second-order valence-corrected chi connectivity index (χ2v) is 4.90. The molecule has 0 N–H and O–H groups in total. The van der Waals surface area contributed by atoms with Crippen molar-refractivity contribution in [1.29, 1.82) is 0 Å². The van der Waals surface area contributed by atoms with Crippen LogP contribution in [0.1, 0.15) is 38.3 Å². The van der Waals surface area contributed by atoms with Gasteiger partial charge in [0.05, 0.1) is 18.6 Å². The zero-order chi connectivity index (χ0) is 15.4. The molecule has 1 aromatic heterocycles. The van der Waals surface area contributed by atoms with E-state index < -0.39 is 0 Å². The van der Waals surface area contributed by atoms with E-state index in [0.29, 0.717) is 36.7 Å². The van der Waals surface area contributed by atoms with Crippen LogP contribution in [-0.2, 0) is 6.42 Å². The van der Waals surface area contributed by atoms with Crippen molar-refractivity contribution >= 4 is 11.0 Å². The molecule has 4 nitrogen and oxygen atoms in total. The van der Waals surface area contributed by atoms with Gasteiger partial charge in [-0.3, -0.25) is 0 Å². The van der Waals surface area contributed by atoms with Gasteiger partial charge in [0.2, 0.25) is 0 Å². The third-order valence-corrected chi connectivity index (χ3v) is 3.43. The van der Waals surface area contributed by atoms with Gasteiger partial charge in [0.15, 0.2) is 0 Å². The fourth-order valence-electron chi connectivity index (χ4n) is 2.54. The van der Waals surface area contributed by atoms with Crippen molar-refractivity contribution in [3.8, 4) is 11.5 Å². The number of rotatable bonds is 6. The van der Waals surface area contributed by atoms with Gasteiger partial charge in [-0.05, 0) is 32.8 Å². The van der Waals surface area contributed by atoms with Gasteiger partial charge in [-0.1, -0.05) is 13.3 Å². The lowest BCUT2D eigenvalue weighted by Crippen LogP contribution is -2.11. The van der Waals surface area contributed by atoms with E-state index in [9.17, 15) is 4.79 Å². The first-order valence-corrected chi connectivity index (χ1v) is 7.48. The molecule has 4 heteroatoms. The number of ether oxygens (including phenoxy) is 2. The van der Waals surface area contributed by atoms with Crippen LogP contribution >= 0.6 is 0 Å². The van der Waals surface area contributed by atoms with E-state index in [2.05, 4.69) is 0 Å². The van der Waals surface area contributed by atoms with Crippen LogP contribution in [0.5, 0.6) is 11.5 Å². The van der Waals surface area contributed by atoms with Crippen molar-refractivity contribution in [2.24, 2.45) is 0 Å². The molecule has 21 heavy (non-hydrogen) atoms. The van der Waals surface area contributed by atoms with Gasteiger partial charge in [0.1, 0.15) is 17.1 Å².